The van der Waals surface area contributed by atoms with Crippen molar-refractivity contribution in [1.82, 2.24) is 15.0 Å². The summed E-state index contributed by atoms with van der Waals surface area (Å²) in [6.45, 7) is 6.95. The van der Waals surface area contributed by atoms with Gasteiger partial charge in [-0.2, -0.15) is 15.0 Å². The molecule has 0 amide bonds. The minimum atomic E-state index is 0.0143. The third kappa shape index (κ3) is 3.45. The summed E-state index contributed by atoms with van der Waals surface area (Å²) >= 11 is 5.85. The molecule has 0 radical (unpaired) electrons. The molecule has 1 aliphatic rings. The fourth-order valence-electron chi connectivity index (χ4n) is 1.92. The Morgan fingerprint density at radius 1 is 1.33 bits per heavy atom. The minimum absolute atomic E-state index is 0.0143. The molecule has 5 nitrogen and oxygen atoms in total. The van der Waals surface area contributed by atoms with Gasteiger partial charge in [0.1, 0.15) is 0 Å². The maximum Gasteiger partial charge on any atom is 0.322 e. The van der Waals surface area contributed by atoms with Crippen LogP contribution in [0.5, 0.6) is 6.01 Å². The van der Waals surface area contributed by atoms with Crippen LogP contribution in [0.1, 0.15) is 40.0 Å². The van der Waals surface area contributed by atoms with E-state index < -0.39 is 0 Å². The van der Waals surface area contributed by atoms with Crippen molar-refractivity contribution in [2.45, 2.75) is 46.1 Å². The number of rotatable bonds is 5. The molecular weight excluding hydrogens is 252 g/mol. The second-order valence-electron chi connectivity index (χ2n) is 5.39. The molecule has 1 heterocycles. The average Bonchev–Trinajstić information content (AvgIpc) is 2.22. The maximum atomic E-state index is 5.85. The molecule has 1 N–H and O–H groups in total. The van der Waals surface area contributed by atoms with E-state index in [-0.39, 0.29) is 17.4 Å². The van der Waals surface area contributed by atoms with Crippen molar-refractivity contribution in [1.29, 1.82) is 0 Å². The molecule has 1 aromatic rings. The third-order valence-electron chi connectivity index (χ3n) is 3.16. The number of anilines is 1. The molecule has 0 atom stereocenters. The predicted octanol–water partition coefficient (Wildman–Crippen LogP) is 2.91. The van der Waals surface area contributed by atoms with Crippen LogP contribution in [0.2, 0.25) is 5.28 Å². The van der Waals surface area contributed by atoms with E-state index in [4.69, 9.17) is 16.3 Å². The number of nitrogens with one attached hydrogen (secondary N) is 1. The monoisotopic (exact) mass is 270 g/mol. The second-order valence-corrected chi connectivity index (χ2v) is 5.73. The van der Waals surface area contributed by atoms with Crippen LogP contribution in [0.25, 0.3) is 0 Å². The van der Waals surface area contributed by atoms with Crippen LogP contribution in [-0.2, 0) is 0 Å². The zero-order valence-corrected chi connectivity index (χ0v) is 11.8. The highest BCUT2D eigenvalue weighted by Gasteiger charge is 2.31. The van der Waals surface area contributed by atoms with E-state index in [1.54, 1.807) is 0 Å². The Bertz CT molecular complexity index is 421. The molecule has 1 fully saturated rings. The van der Waals surface area contributed by atoms with Crippen LogP contribution < -0.4 is 10.1 Å². The minimum Gasteiger partial charge on any atom is -0.461 e. The van der Waals surface area contributed by atoms with Crippen molar-refractivity contribution < 1.29 is 4.74 Å². The summed E-state index contributed by atoms with van der Waals surface area (Å²) < 4.78 is 5.42. The van der Waals surface area contributed by atoms with Crippen molar-refractivity contribution in [3.8, 4) is 6.01 Å². The molecule has 0 aliphatic heterocycles. The van der Waals surface area contributed by atoms with Gasteiger partial charge >= 0.3 is 6.01 Å². The van der Waals surface area contributed by atoms with Crippen LogP contribution in [0.4, 0.5) is 5.95 Å². The first-order valence-electron chi connectivity index (χ1n) is 6.29. The van der Waals surface area contributed by atoms with Crippen LogP contribution >= 0.6 is 11.6 Å². The molecule has 18 heavy (non-hydrogen) atoms. The number of halogens is 1. The first kappa shape index (κ1) is 13.3. The van der Waals surface area contributed by atoms with Crippen LogP contribution in [-0.4, -0.2) is 27.6 Å². The van der Waals surface area contributed by atoms with Gasteiger partial charge in [-0.3, -0.25) is 0 Å². The van der Waals surface area contributed by atoms with E-state index in [0.717, 1.165) is 6.54 Å². The fourth-order valence-corrected chi connectivity index (χ4v) is 2.08. The first-order chi connectivity index (χ1) is 8.47. The van der Waals surface area contributed by atoms with Crippen LogP contribution in [0.3, 0.4) is 0 Å². The molecule has 1 aromatic heterocycles. The lowest BCUT2D eigenvalue weighted by molar-refractivity contribution is 0.179. The van der Waals surface area contributed by atoms with Gasteiger partial charge in [-0.1, -0.05) is 13.3 Å². The first-order valence-corrected chi connectivity index (χ1v) is 6.67. The molecule has 0 bridgehead atoms. The largest absolute Gasteiger partial charge is 0.461 e. The standard InChI is InChI=1S/C12H19ClN4O/c1-8(2)18-11-16-9(13)15-10(17-11)14-7-12(3)5-4-6-12/h8H,4-7H2,1-3H3,(H,14,15,16,17). The predicted molar refractivity (Wildman–Crippen MR) is 71.0 cm³/mol. The molecule has 0 spiro atoms. The lowest BCUT2D eigenvalue weighted by Gasteiger charge is -2.38. The quantitative estimate of drug-likeness (QED) is 0.891. The summed E-state index contributed by atoms with van der Waals surface area (Å²) in [6.07, 6.45) is 3.81. The Labute approximate surface area is 112 Å². The van der Waals surface area contributed by atoms with Gasteiger partial charge in [0.05, 0.1) is 6.10 Å². The summed E-state index contributed by atoms with van der Waals surface area (Å²) in [7, 11) is 0. The number of aromatic nitrogens is 3. The zero-order valence-electron chi connectivity index (χ0n) is 11.0. The summed E-state index contributed by atoms with van der Waals surface area (Å²) in [4.78, 5) is 12.2. The van der Waals surface area contributed by atoms with Crippen molar-refractivity contribution >= 4 is 17.5 Å². The molecule has 0 aromatic carbocycles. The van der Waals surface area contributed by atoms with E-state index in [9.17, 15) is 0 Å². The molecule has 1 aliphatic carbocycles. The molecular formula is C12H19ClN4O. The summed E-state index contributed by atoms with van der Waals surface area (Å²) in [5, 5.41) is 3.37. The maximum absolute atomic E-state index is 5.85. The van der Waals surface area contributed by atoms with E-state index in [0.29, 0.717) is 11.4 Å². The van der Waals surface area contributed by atoms with Crippen LogP contribution in [0, 0.1) is 5.41 Å². The molecule has 0 saturated heterocycles. The van der Waals surface area contributed by atoms with Gasteiger partial charge in [0.25, 0.3) is 0 Å². The molecule has 6 heteroatoms. The smallest absolute Gasteiger partial charge is 0.322 e. The average molecular weight is 271 g/mol. The van der Waals surface area contributed by atoms with Gasteiger partial charge in [-0.15, -0.1) is 0 Å². The third-order valence-corrected chi connectivity index (χ3v) is 3.33. The lowest BCUT2D eigenvalue weighted by Crippen LogP contribution is -2.33. The second kappa shape index (κ2) is 5.26. The van der Waals surface area contributed by atoms with Gasteiger partial charge in [-0.05, 0) is 43.7 Å². The van der Waals surface area contributed by atoms with Gasteiger partial charge in [-0.25, -0.2) is 0 Å². The van der Waals surface area contributed by atoms with Gasteiger partial charge in [0.2, 0.25) is 11.2 Å². The fraction of sp³-hybridized carbons (Fsp3) is 0.750. The number of nitrogens with zero attached hydrogens (tertiary/aromatic N) is 3. The Morgan fingerprint density at radius 3 is 2.61 bits per heavy atom. The number of ether oxygens (including phenoxy) is 1. The van der Waals surface area contributed by atoms with Gasteiger partial charge < -0.3 is 10.1 Å². The van der Waals surface area contributed by atoms with E-state index in [2.05, 4.69) is 27.2 Å². The van der Waals surface area contributed by atoms with Crippen molar-refractivity contribution in [3.05, 3.63) is 5.28 Å². The van der Waals surface area contributed by atoms with Crippen molar-refractivity contribution in [2.24, 2.45) is 5.41 Å². The Morgan fingerprint density at radius 2 is 2.06 bits per heavy atom. The molecule has 0 unspecified atom stereocenters. The molecule has 1 saturated carbocycles. The zero-order chi connectivity index (χ0) is 13.2. The summed E-state index contributed by atoms with van der Waals surface area (Å²) in [5.74, 6) is 0.485. The van der Waals surface area contributed by atoms with Gasteiger partial charge in [0.15, 0.2) is 0 Å². The number of hydrogen-bond acceptors (Lipinski definition) is 5. The Kier molecular flexibility index (Phi) is 3.90. The topological polar surface area (TPSA) is 59.9 Å². The highest BCUT2D eigenvalue weighted by atomic mass is 35.5. The molecule has 100 valence electrons. The highest BCUT2D eigenvalue weighted by molar-refractivity contribution is 6.28. The Balaban J connectivity index is 2.00. The van der Waals surface area contributed by atoms with Gasteiger partial charge in [0, 0.05) is 6.54 Å². The highest BCUT2D eigenvalue weighted by Crippen LogP contribution is 2.40. The SMILES string of the molecule is CC(C)Oc1nc(Cl)nc(NCC2(C)CCC2)n1. The van der Waals surface area contributed by atoms with E-state index in [1.807, 2.05) is 13.8 Å². The molecule has 2 rings (SSSR count). The number of hydrogen-bond donors (Lipinski definition) is 1. The summed E-state index contributed by atoms with van der Waals surface area (Å²) in [6, 6.07) is 0.270. The van der Waals surface area contributed by atoms with Crippen molar-refractivity contribution in [2.75, 3.05) is 11.9 Å². The van der Waals surface area contributed by atoms with E-state index >= 15 is 0 Å². The summed E-state index contributed by atoms with van der Waals surface area (Å²) in [5.41, 5.74) is 0.359. The normalized spacial score (nSPS) is 17.4. The Hall–Kier alpha value is -1.10. The van der Waals surface area contributed by atoms with Crippen molar-refractivity contribution in [3.63, 3.8) is 0 Å². The van der Waals surface area contributed by atoms with Crippen LogP contribution in [0.15, 0.2) is 0 Å². The lowest BCUT2D eigenvalue weighted by atomic mass is 9.70. The van der Waals surface area contributed by atoms with E-state index in [1.165, 1.54) is 19.3 Å².